The van der Waals surface area contributed by atoms with Gasteiger partial charge in [0.1, 0.15) is 30.9 Å². The second-order valence-electron chi connectivity index (χ2n) is 14.8. The summed E-state index contributed by atoms with van der Waals surface area (Å²) in [7, 11) is -2.22. The molecule has 0 radical (unpaired) electrons. The van der Waals surface area contributed by atoms with Crippen LogP contribution in [-0.4, -0.2) is 21.0 Å². The van der Waals surface area contributed by atoms with Gasteiger partial charge in [0.05, 0.1) is 5.69 Å². The first kappa shape index (κ1) is 37.1. The number of ether oxygens (including phenoxy) is 2. The van der Waals surface area contributed by atoms with Crippen LogP contribution in [0.1, 0.15) is 75.3 Å². The van der Waals surface area contributed by atoms with Gasteiger partial charge in [0.15, 0.2) is 13.2 Å². The molecule has 0 N–H and O–H groups in total. The Labute approximate surface area is 317 Å². The molecular weight excluding hydrogens is 738 g/mol. The second kappa shape index (κ2) is 15.2. The highest BCUT2D eigenvalue weighted by Gasteiger charge is 2.54. The maximum Gasteiger partial charge on any atom is 0.259 e. The van der Waals surface area contributed by atoms with Crippen molar-refractivity contribution in [2.24, 2.45) is 0 Å². The highest BCUT2D eigenvalue weighted by Crippen LogP contribution is 2.55. The molecular formula is C43H47BrClNO4Si. The molecule has 0 fully saturated rings. The summed E-state index contributed by atoms with van der Waals surface area (Å²) in [5.41, 5.74) is 4.05. The van der Waals surface area contributed by atoms with Gasteiger partial charge >= 0.3 is 0 Å². The standard InChI is InChI=1S/C43H47BrClNO4Si/c1-7-8-24-38(34-21-14-19-31-18-12-13-20-33(31)34)50-39-26-25-32(48-28-30-16-10-9-11-17-30)27-36(39)43(45)35-22-15-23-37(44)40(35)46(41(43)47)29-49-51(5,6)42(2,3)4/h9-23,25-27,38H,7-8,24,28-29H2,1-6H3/t38-,43?/m0/s1. The maximum absolute atomic E-state index is 15.0. The normalized spacial score (nSPS) is 16.7. The van der Waals surface area contributed by atoms with Crippen molar-refractivity contribution in [3.8, 4) is 11.5 Å². The van der Waals surface area contributed by atoms with Gasteiger partial charge in [0.25, 0.3) is 5.91 Å². The van der Waals surface area contributed by atoms with Crippen LogP contribution in [0.4, 0.5) is 5.69 Å². The molecule has 8 heteroatoms. The lowest BCUT2D eigenvalue weighted by molar-refractivity contribution is -0.120. The summed E-state index contributed by atoms with van der Waals surface area (Å²) in [5.74, 6) is 0.847. The van der Waals surface area contributed by atoms with Crippen LogP contribution >= 0.6 is 27.5 Å². The number of hydrogen-bond acceptors (Lipinski definition) is 4. The molecule has 1 aliphatic heterocycles. The molecule has 0 saturated carbocycles. The Morgan fingerprint density at radius 1 is 0.882 bits per heavy atom. The van der Waals surface area contributed by atoms with Gasteiger partial charge in [-0.3, -0.25) is 9.69 Å². The smallest absolute Gasteiger partial charge is 0.259 e. The van der Waals surface area contributed by atoms with E-state index in [-0.39, 0.29) is 23.8 Å². The molecule has 5 nitrogen and oxygen atoms in total. The molecule has 5 aromatic rings. The number of amides is 1. The van der Waals surface area contributed by atoms with Gasteiger partial charge in [-0.1, -0.05) is 131 Å². The van der Waals surface area contributed by atoms with Crippen molar-refractivity contribution in [2.75, 3.05) is 11.6 Å². The number of anilines is 1. The average Bonchev–Trinajstić information content (AvgIpc) is 3.35. The molecule has 0 bridgehead atoms. The predicted octanol–water partition coefficient (Wildman–Crippen LogP) is 12.3. The number of benzene rings is 5. The van der Waals surface area contributed by atoms with Gasteiger partial charge < -0.3 is 13.9 Å². The Morgan fingerprint density at radius 2 is 1.59 bits per heavy atom. The van der Waals surface area contributed by atoms with E-state index >= 15 is 0 Å². The van der Waals surface area contributed by atoms with Gasteiger partial charge in [0.2, 0.25) is 0 Å². The minimum absolute atomic E-state index is 0.0366. The van der Waals surface area contributed by atoms with E-state index in [4.69, 9.17) is 25.5 Å². The molecule has 1 unspecified atom stereocenters. The van der Waals surface area contributed by atoms with Crippen molar-refractivity contribution in [3.05, 3.63) is 136 Å². The number of halogens is 2. The summed E-state index contributed by atoms with van der Waals surface area (Å²) < 4.78 is 20.8. The summed E-state index contributed by atoms with van der Waals surface area (Å²) in [5, 5.41) is 2.26. The number of hydrogen-bond donors (Lipinski definition) is 0. The number of carbonyl (C=O) groups is 1. The quantitative estimate of drug-likeness (QED) is 0.0881. The fourth-order valence-corrected chi connectivity index (χ4v) is 8.23. The molecule has 0 aliphatic carbocycles. The van der Waals surface area contributed by atoms with Crippen LogP contribution in [-0.2, 0) is 20.7 Å². The first-order valence-corrected chi connectivity index (χ1v) is 21.8. The highest BCUT2D eigenvalue weighted by atomic mass is 79.9. The van der Waals surface area contributed by atoms with E-state index in [1.54, 1.807) is 4.90 Å². The maximum atomic E-state index is 15.0. The number of fused-ring (bicyclic) bond motifs is 2. The number of carbonyl (C=O) groups excluding carboxylic acids is 1. The van der Waals surface area contributed by atoms with Gasteiger partial charge in [-0.15, -0.1) is 0 Å². The number of para-hydroxylation sites is 1. The van der Waals surface area contributed by atoms with Crippen LogP contribution in [0.3, 0.4) is 0 Å². The fourth-order valence-electron chi connectivity index (χ4n) is 6.36. The van der Waals surface area contributed by atoms with Gasteiger partial charge in [0, 0.05) is 21.2 Å². The molecule has 0 spiro atoms. The molecule has 266 valence electrons. The number of alkyl halides is 1. The third-order valence-corrected chi connectivity index (χ3v) is 16.0. The molecule has 5 aromatic carbocycles. The molecule has 0 aromatic heterocycles. The summed E-state index contributed by atoms with van der Waals surface area (Å²) in [6.07, 6.45) is 2.52. The Kier molecular flexibility index (Phi) is 11.0. The van der Waals surface area contributed by atoms with Crippen LogP contribution in [0, 0.1) is 0 Å². The van der Waals surface area contributed by atoms with E-state index in [9.17, 15) is 4.79 Å². The largest absolute Gasteiger partial charge is 0.489 e. The summed E-state index contributed by atoms with van der Waals surface area (Å²) in [6.45, 7) is 13.6. The van der Waals surface area contributed by atoms with Crippen LogP contribution in [0.2, 0.25) is 18.1 Å². The molecule has 1 amide bonds. The third-order valence-electron chi connectivity index (χ3n) is 10.4. The molecule has 0 saturated heterocycles. The summed E-state index contributed by atoms with van der Waals surface area (Å²) in [6, 6.07) is 36.2. The molecule has 51 heavy (non-hydrogen) atoms. The number of nitrogens with zero attached hydrogens (tertiary/aromatic N) is 1. The SMILES string of the molecule is CCCC[C@H](Oc1ccc(OCc2ccccc2)cc1C1(Cl)C(=O)N(CO[Si](C)(C)C(C)(C)C)c2c(Br)cccc21)c1cccc2ccccc12. The van der Waals surface area contributed by atoms with Crippen molar-refractivity contribution in [3.63, 3.8) is 0 Å². The summed E-state index contributed by atoms with van der Waals surface area (Å²) >= 11 is 11.6. The lowest BCUT2D eigenvalue weighted by Gasteiger charge is -2.37. The predicted molar refractivity (Wildman–Crippen MR) is 215 cm³/mol. The van der Waals surface area contributed by atoms with Gasteiger partial charge in [-0.25, -0.2) is 0 Å². The van der Waals surface area contributed by atoms with E-state index in [2.05, 4.69) is 99.2 Å². The monoisotopic (exact) mass is 783 g/mol. The first-order chi connectivity index (χ1) is 24.3. The molecule has 2 atom stereocenters. The third kappa shape index (κ3) is 7.50. The number of rotatable bonds is 13. The van der Waals surface area contributed by atoms with E-state index in [1.165, 1.54) is 0 Å². The average molecular weight is 785 g/mol. The van der Waals surface area contributed by atoms with E-state index in [0.29, 0.717) is 34.9 Å². The van der Waals surface area contributed by atoms with Crippen molar-refractivity contribution < 1.29 is 18.7 Å². The summed E-state index contributed by atoms with van der Waals surface area (Å²) in [4.78, 5) is 15.0. The number of unbranched alkanes of at least 4 members (excludes halogenated alkanes) is 1. The van der Waals surface area contributed by atoms with Gasteiger partial charge in [-0.05, 0) is 87.5 Å². The molecule has 1 heterocycles. The zero-order chi connectivity index (χ0) is 36.4. The lowest BCUT2D eigenvalue weighted by atomic mass is 9.90. The topological polar surface area (TPSA) is 48.0 Å². The van der Waals surface area contributed by atoms with Crippen LogP contribution in [0.15, 0.2) is 114 Å². The van der Waals surface area contributed by atoms with E-state index < -0.39 is 13.2 Å². The first-order valence-electron chi connectivity index (χ1n) is 17.7. The Morgan fingerprint density at radius 3 is 2.33 bits per heavy atom. The van der Waals surface area contributed by atoms with Crippen LogP contribution < -0.4 is 14.4 Å². The Bertz CT molecular complexity index is 2010. The Balaban J connectivity index is 1.47. The van der Waals surface area contributed by atoms with Crippen LogP contribution in [0.25, 0.3) is 10.8 Å². The van der Waals surface area contributed by atoms with Crippen molar-refractivity contribution in [1.29, 1.82) is 0 Å². The van der Waals surface area contributed by atoms with Crippen LogP contribution in [0.5, 0.6) is 11.5 Å². The molecule has 6 rings (SSSR count). The van der Waals surface area contributed by atoms with Crippen molar-refractivity contribution in [1.82, 2.24) is 0 Å². The van der Waals surface area contributed by atoms with Crippen molar-refractivity contribution in [2.45, 2.75) is 82.7 Å². The Hall–Kier alpha value is -3.62. The fraction of sp³-hybridized carbons (Fsp3) is 0.326. The lowest BCUT2D eigenvalue weighted by Crippen LogP contribution is -2.46. The van der Waals surface area contributed by atoms with E-state index in [0.717, 1.165) is 45.6 Å². The zero-order valence-corrected chi connectivity index (χ0v) is 33.7. The van der Waals surface area contributed by atoms with E-state index in [1.807, 2.05) is 66.7 Å². The molecule has 1 aliphatic rings. The minimum atomic E-state index is -2.22. The van der Waals surface area contributed by atoms with Gasteiger partial charge in [-0.2, -0.15) is 0 Å². The highest BCUT2D eigenvalue weighted by molar-refractivity contribution is 9.10. The second-order valence-corrected chi connectivity index (χ2v) is 21.0. The zero-order valence-electron chi connectivity index (χ0n) is 30.3. The van der Waals surface area contributed by atoms with Crippen molar-refractivity contribution >= 4 is 58.2 Å². The minimum Gasteiger partial charge on any atom is -0.489 e.